The van der Waals surface area contributed by atoms with E-state index in [1.165, 1.54) is 25.6 Å². The van der Waals surface area contributed by atoms with Crippen molar-refractivity contribution in [3.05, 3.63) is 60.0 Å². The van der Waals surface area contributed by atoms with E-state index in [0.717, 1.165) is 12.1 Å². The van der Waals surface area contributed by atoms with Gasteiger partial charge in [0.25, 0.3) is 0 Å². The molecular weight excluding hydrogens is 385 g/mol. The van der Waals surface area contributed by atoms with Gasteiger partial charge in [0, 0.05) is 17.8 Å². The van der Waals surface area contributed by atoms with Crippen LogP contribution in [0.25, 0.3) is 22.6 Å². The first-order valence-electron chi connectivity index (χ1n) is 8.50. The van der Waals surface area contributed by atoms with Crippen LogP contribution < -0.4 is 10.5 Å². The van der Waals surface area contributed by atoms with Gasteiger partial charge in [-0.05, 0) is 23.8 Å². The normalized spacial score (nSPS) is 11.7. The van der Waals surface area contributed by atoms with Crippen molar-refractivity contribution in [2.24, 2.45) is 0 Å². The first-order valence-corrected chi connectivity index (χ1v) is 8.50. The second-order valence-corrected chi connectivity index (χ2v) is 6.26. The summed E-state index contributed by atoms with van der Waals surface area (Å²) in [4.78, 5) is 17.2. The first kappa shape index (κ1) is 18.7. The van der Waals surface area contributed by atoms with Gasteiger partial charge in [0.1, 0.15) is 5.52 Å². The van der Waals surface area contributed by atoms with Crippen molar-refractivity contribution in [1.29, 1.82) is 0 Å². The zero-order chi connectivity index (χ0) is 20.6. The summed E-state index contributed by atoms with van der Waals surface area (Å²) >= 11 is 0. The topological polar surface area (TPSA) is 91.7 Å². The molecule has 0 amide bonds. The van der Waals surface area contributed by atoms with Crippen molar-refractivity contribution in [2.75, 3.05) is 12.8 Å². The number of halogens is 3. The lowest BCUT2D eigenvalue weighted by Gasteiger charge is -2.09. The van der Waals surface area contributed by atoms with Gasteiger partial charge in [0.15, 0.2) is 17.3 Å². The van der Waals surface area contributed by atoms with Crippen molar-refractivity contribution in [2.45, 2.75) is 12.7 Å². The first-order chi connectivity index (χ1) is 13.8. The molecule has 0 fully saturated rings. The van der Waals surface area contributed by atoms with E-state index < -0.39 is 11.7 Å². The van der Waals surface area contributed by atoms with Gasteiger partial charge in [-0.25, -0.2) is 19.9 Å². The Morgan fingerprint density at radius 3 is 2.41 bits per heavy atom. The van der Waals surface area contributed by atoms with Crippen LogP contribution >= 0.6 is 0 Å². The van der Waals surface area contributed by atoms with Gasteiger partial charge in [0.2, 0.25) is 5.88 Å². The number of rotatable bonds is 4. The lowest BCUT2D eigenvalue weighted by molar-refractivity contribution is -0.137. The Balaban J connectivity index is 1.69. The average molecular weight is 400 g/mol. The number of aromatic nitrogens is 5. The number of ether oxygens (including phenoxy) is 1. The Bertz CT molecular complexity index is 1150. The van der Waals surface area contributed by atoms with E-state index in [0.29, 0.717) is 34.0 Å². The number of hydrogen-bond donors (Lipinski definition) is 1. The van der Waals surface area contributed by atoms with Crippen molar-refractivity contribution < 1.29 is 17.9 Å². The standard InChI is InChI=1S/C19H15F3N6O/c1-29-14-7-4-12(8-24-14)17-26-16(23)15-18(27-17)28(10-25-15)9-11-2-5-13(6-3-11)19(20,21)22/h2-8,10H,9H2,1H3,(H2,23,26,27). The lowest BCUT2D eigenvalue weighted by Crippen LogP contribution is -2.06. The SMILES string of the molecule is COc1ccc(-c2nc(N)c3ncn(Cc4ccc(C(F)(F)F)cc4)c3n2)cn1. The minimum Gasteiger partial charge on any atom is -0.481 e. The molecular formula is C19H15F3N6O. The van der Waals surface area contributed by atoms with E-state index >= 15 is 0 Å². The summed E-state index contributed by atoms with van der Waals surface area (Å²) in [6, 6.07) is 8.38. The highest BCUT2D eigenvalue weighted by Gasteiger charge is 2.29. The van der Waals surface area contributed by atoms with Crippen LogP contribution in [0.1, 0.15) is 11.1 Å². The number of nitrogen functional groups attached to an aromatic ring is 1. The molecule has 0 aliphatic rings. The fourth-order valence-corrected chi connectivity index (χ4v) is 2.84. The van der Waals surface area contributed by atoms with Crippen LogP contribution in [0.2, 0.25) is 0 Å². The number of hydrogen-bond acceptors (Lipinski definition) is 6. The van der Waals surface area contributed by atoms with Crippen LogP contribution in [0.15, 0.2) is 48.9 Å². The zero-order valence-corrected chi connectivity index (χ0v) is 15.2. The summed E-state index contributed by atoms with van der Waals surface area (Å²) in [5.41, 5.74) is 7.53. The quantitative estimate of drug-likeness (QED) is 0.563. The molecule has 4 rings (SSSR count). The molecule has 0 aliphatic heterocycles. The average Bonchev–Trinajstić information content (AvgIpc) is 3.11. The van der Waals surface area contributed by atoms with Crippen LogP contribution in [-0.4, -0.2) is 31.6 Å². The van der Waals surface area contributed by atoms with E-state index in [-0.39, 0.29) is 12.4 Å². The number of benzene rings is 1. The number of nitrogens with zero attached hydrogens (tertiary/aromatic N) is 5. The molecule has 3 aromatic heterocycles. The summed E-state index contributed by atoms with van der Waals surface area (Å²) in [5.74, 6) is 1.02. The van der Waals surface area contributed by atoms with Crippen LogP contribution in [0.5, 0.6) is 5.88 Å². The highest BCUT2D eigenvalue weighted by Crippen LogP contribution is 2.29. The molecule has 4 aromatic rings. The maximum Gasteiger partial charge on any atom is 0.416 e. The molecule has 0 bridgehead atoms. The Labute approximate surface area is 163 Å². The monoisotopic (exact) mass is 400 g/mol. The third-order valence-electron chi connectivity index (χ3n) is 4.33. The van der Waals surface area contributed by atoms with Crippen molar-refractivity contribution >= 4 is 17.0 Å². The predicted molar refractivity (Wildman–Crippen MR) is 100 cm³/mol. The third kappa shape index (κ3) is 3.68. The minimum absolute atomic E-state index is 0.201. The molecule has 3 heterocycles. The summed E-state index contributed by atoms with van der Waals surface area (Å²) in [7, 11) is 1.52. The summed E-state index contributed by atoms with van der Waals surface area (Å²) in [5, 5.41) is 0. The van der Waals surface area contributed by atoms with Gasteiger partial charge in [-0.2, -0.15) is 13.2 Å². The van der Waals surface area contributed by atoms with Crippen molar-refractivity contribution in [3.8, 4) is 17.3 Å². The smallest absolute Gasteiger partial charge is 0.416 e. The minimum atomic E-state index is -4.37. The van der Waals surface area contributed by atoms with E-state index in [1.54, 1.807) is 22.9 Å². The van der Waals surface area contributed by atoms with E-state index in [2.05, 4.69) is 19.9 Å². The van der Waals surface area contributed by atoms with Gasteiger partial charge in [-0.15, -0.1) is 0 Å². The number of fused-ring (bicyclic) bond motifs is 1. The van der Waals surface area contributed by atoms with Crippen molar-refractivity contribution in [1.82, 2.24) is 24.5 Å². The fraction of sp³-hybridized carbons (Fsp3) is 0.158. The molecule has 0 unspecified atom stereocenters. The maximum absolute atomic E-state index is 12.7. The Hall–Kier alpha value is -3.69. The van der Waals surface area contributed by atoms with Gasteiger partial charge in [-0.3, -0.25) is 0 Å². The molecule has 10 heteroatoms. The Morgan fingerprint density at radius 1 is 1.03 bits per heavy atom. The van der Waals surface area contributed by atoms with Gasteiger partial charge >= 0.3 is 6.18 Å². The van der Waals surface area contributed by atoms with Gasteiger partial charge < -0.3 is 15.0 Å². The van der Waals surface area contributed by atoms with E-state index in [4.69, 9.17) is 10.5 Å². The van der Waals surface area contributed by atoms with Crippen molar-refractivity contribution in [3.63, 3.8) is 0 Å². The van der Waals surface area contributed by atoms with E-state index in [9.17, 15) is 13.2 Å². The number of pyridine rings is 1. The van der Waals surface area contributed by atoms with Crippen LogP contribution in [-0.2, 0) is 12.7 Å². The summed E-state index contributed by atoms with van der Waals surface area (Å²) in [6.07, 6.45) is -1.28. The van der Waals surface area contributed by atoms with Crippen LogP contribution in [0.3, 0.4) is 0 Å². The molecule has 0 saturated carbocycles. The highest BCUT2D eigenvalue weighted by atomic mass is 19.4. The number of anilines is 1. The van der Waals surface area contributed by atoms with Gasteiger partial charge in [0.05, 0.1) is 25.5 Å². The number of methoxy groups -OCH3 is 1. The lowest BCUT2D eigenvalue weighted by atomic mass is 10.1. The summed E-state index contributed by atoms with van der Waals surface area (Å²) in [6.45, 7) is 0.283. The predicted octanol–water partition coefficient (Wildman–Crippen LogP) is 3.55. The van der Waals surface area contributed by atoms with E-state index in [1.807, 2.05) is 0 Å². The van der Waals surface area contributed by atoms with Crippen LogP contribution in [0, 0.1) is 0 Å². The third-order valence-corrected chi connectivity index (χ3v) is 4.33. The highest BCUT2D eigenvalue weighted by molar-refractivity contribution is 5.83. The molecule has 7 nitrogen and oxygen atoms in total. The number of alkyl halides is 3. The molecule has 0 aliphatic carbocycles. The molecule has 148 valence electrons. The van der Waals surface area contributed by atoms with Gasteiger partial charge in [-0.1, -0.05) is 12.1 Å². The molecule has 1 aromatic carbocycles. The molecule has 0 radical (unpaired) electrons. The Morgan fingerprint density at radius 2 is 1.79 bits per heavy atom. The molecule has 29 heavy (non-hydrogen) atoms. The largest absolute Gasteiger partial charge is 0.481 e. The summed E-state index contributed by atoms with van der Waals surface area (Å²) < 4.78 is 45.0. The molecule has 0 spiro atoms. The van der Waals surface area contributed by atoms with Crippen LogP contribution in [0.4, 0.5) is 19.0 Å². The molecule has 0 atom stereocenters. The molecule has 0 saturated heterocycles. The fourth-order valence-electron chi connectivity index (χ4n) is 2.84. The maximum atomic E-state index is 12.7. The molecule has 2 N–H and O–H groups in total. The number of imidazole rings is 1. The second kappa shape index (κ2) is 7.04. The number of nitrogens with two attached hydrogens (primary N) is 1. The zero-order valence-electron chi connectivity index (χ0n) is 15.2. The Kier molecular flexibility index (Phi) is 4.53. The second-order valence-electron chi connectivity index (χ2n) is 6.26.